The predicted octanol–water partition coefficient (Wildman–Crippen LogP) is 6.11. The van der Waals surface area contributed by atoms with Crippen molar-refractivity contribution in [1.82, 2.24) is 15.1 Å². The Bertz CT molecular complexity index is 1890. The fourth-order valence-electron chi connectivity index (χ4n) is 6.37. The van der Waals surface area contributed by atoms with Crippen LogP contribution in [-0.4, -0.2) is 59.7 Å². The number of ether oxygens (including phenoxy) is 1. The first-order valence-electron chi connectivity index (χ1n) is 16.1. The lowest BCUT2D eigenvalue weighted by atomic mass is 9.88. The van der Waals surface area contributed by atoms with Gasteiger partial charge in [0.15, 0.2) is 0 Å². The summed E-state index contributed by atoms with van der Waals surface area (Å²) in [5.74, 6) is -2.88. The Kier molecular flexibility index (Phi) is 9.59. The minimum atomic E-state index is -1.15. The summed E-state index contributed by atoms with van der Waals surface area (Å²) in [6, 6.07) is 30.6. The van der Waals surface area contributed by atoms with Gasteiger partial charge in [-0.05, 0) is 65.9 Å². The van der Waals surface area contributed by atoms with E-state index in [0.29, 0.717) is 18.9 Å². The van der Waals surface area contributed by atoms with E-state index in [4.69, 9.17) is 4.74 Å². The van der Waals surface area contributed by atoms with Gasteiger partial charge in [-0.15, -0.1) is 0 Å². The van der Waals surface area contributed by atoms with Crippen LogP contribution in [0.25, 0.3) is 11.1 Å². The van der Waals surface area contributed by atoms with Crippen molar-refractivity contribution in [3.8, 4) is 5.75 Å². The fourth-order valence-corrected chi connectivity index (χ4v) is 6.37. The van der Waals surface area contributed by atoms with E-state index in [1.165, 1.54) is 28.8 Å². The molecule has 2 aliphatic heterocycles. The molecule has 4 aromatic rings. The molecular weight excluding hydrogens is 609 g/mol. The lowest BCUT2D eigenvalue weighted by molar-refractivity contribution is -0.136. The van der Waals surface area contributed by atoms with Gasteiger partial charge in [0.05, 0.1) is 11.1 Å². The first-order chi connectivity index (χ1) is 23.3. The van der Waals surface area contributed by atoms with Crippen LogP contribution in [0.5, 0.6) is 5.75 Å². The number of nitrogens with one attached hydrogen (secondary N) is 1. The van der Waals surface area contributed by atoms with E-state index in [9.17, 15) is 19.2 Å². The molecule has 1 fully saturated rings. The first-order valence-corrected chi connectivity index (χ1v) is 16.1. The van der Waals surface area contributed by atoms with Crippen LogP contribution in [0.4, 0.5) is 4.39 Å². The molecule has 0 aliphatic carbocycles. The summed E-state index contributed by atoms with van der Waals surface area (Å²) in [6.45, 7) is 3.15. The van der Waals surface area contributed by atoms with Gasteiger partial charge in [0, 0.05) is 25.1 Å². The van der Waals surface area contributed by atoms with E-state index in [1.807, 2.05) is 48.3 Å². The molecule has 9 heteroatoms. The van der Waals surface area contributed by atoms with Crippen LogP contribution < -0.4 is 10.1 Å². The van der Waals surface area contributed by atoms with Crippen LogP contribution in [0.1, 0.15) is 69.2 Å². The molecule has 4 aromatic carbocycles. The third kappa shape index (κ3) is 6.55. The highest BCUT2D eigenvalue weighted by Crippen LogP contribution is 2.35. The second-order valence-corrected chi connectivity index (χ2v) is 12.0. The van der Waals surface area contributed by atoms with Gasteiger partial charge in [-0.1, -0.05) is 85.8 Å². The van der Waals surface area contributed by atoms with Crippen molar-refractivity contribution in [3.05, 3.63) is 136 Å². The first kappa shape index (κ1) is 32.5. The molecular formula is C39H36FN3O5. The van der Waals surface area contributed by atoms with E-state index in [-0.39, 0.29) is 36.1 Å². The second-order valence-electron chi connectivity index (χ2n) is 12.0. The minimum absolute atomic E-state index is 0.00558. The SMILES string of the molecule is CCC(=C(c1ccccc1)c1ccc(OCCN(C)Cc2ccc3c(c2F)C(=O)N(C2CCC(=O)NC2=O)C3=O)cc1)c1ccccc1. The van der Waals surface area contributed by atoms with Crippen molar-refractivity contribution in [1.29, 1.82) is 0 Å². The van der Waals surface area contributed by atoms with E-state index < -0.39 is 35.5 Å². The number of carbonyl (C=O) groups is 4. The number of hydrogen-bond donors (Lipinski definition) is 1. The highest BCUT2D eigenvalue weighted by Gasteiger charge is 2.46. The lowest BCUT2D eigenvalue weighted by Gasteiger charge is -2.27. The maximum absolute atomic E-state index is 15.6. The zero-order chi connectivity index (χ0) is 33.8. The Hall–Kier alpha value is -5.41. The van der Waals surface area contributed by atoms with Crippen LogP contribution in [0.3, 0.4) is 0 Å². The Balaban J connectivity index is 1.11. The molecule has 244 valence electrons. The average molecular weight is 646 g/mol. The van der Waals surface area contributed by atoms with Crippen LogP contribution >= 0.6 is 0 Å². The lowest BCUT2D eigenvalue weighted by Crippen LogP contribution is -2.54. The number of halogens is 1. The highest BCUT2D eigenvalue weighted by atomic mass is 19.1. The van der Waals surface area contributed by atoms with Gasteiger partial charge in [-0.3, -0.25) is 34.3 Å². The van der Waals surface area contributed by atoms with Crippen molar-refractivity contribution in [2.75, 3.05) is 20.2 Å². The zero-order valence-electron chi connectivity index (χ0n) is 26.9. The number of benzene rings is 4. The normalized spacial score (nSPS) is 16.6. The third-order valence-electron chi connectivity index (χ3n) is 8.79. The number of likely N-dealkylation sites (N-methyl/N-ethyl adjacent to an activating group) is 1. The fraction of sp³-hybridized carbons (Fsp3) is 0.231. The van der Waals surface area contributed by atoms with Crippen molar-refractivity contribution in [2.45, 2.75) is 38.8 Å². The molecule has 0 bridgehead atoms. The molecule has 4 amide bonds. The molecule has 1 saturated heterocycles. The predicted molar refractivity (Wildman–Crippen MR) is 180 cm³/mol. The van der Waals surface area contributed by atoms with Gasteiger partial charge >= 0.3 is 0 Å². The summed E-state index contributed by atoms with van der Waals surface area (Å²) in [6.07, 6.45) is 0.870. The van der Waals surface area contributed by atoms with E-state index in [1.54, 1.807) is 0 Å². The molecule has 0 aromatic heterocycles. The third-order valence-corrected chi connectivity index (χ3v) is 8.79. The number of piperidine rings is 1. The molecule has 2 heterocycles. The molecule has 48 heavy (non-hydrogen) atoms. The summed E-state index contributed by atoms with van der Waals surface area (Å²) in [5.41, 5.74) is 5.67. The van der Waals surface area contributed by atoms with Crippen molar-refractivity contribution < 1.29 is 28.3 Å². The molecule has 0 spiro atoms. The number of nitrogens with zero attached hydrogens (tertiary/aromatic N) is 2. The Morgan fingerprint density at radius 2 is 1.50 bits per heavy atom. The standard InChI is InChI=1S/C39H36FN3O5/c1-3-30(25-10-6-4-7-11-25)34(26-12-8-5-9-13-26)27-14-17-29(18-15-27)48-23-22-42(2)24-28-16-19-31-35(36(28)40)39(47)43(38(31)46)32-20-21-33(44)41-37(32)45/h4-19,32H,3,20-24H2,1-2H3,(H,41,44,45). The average Bonchev–Trinajstić information content (AvgIpc) is 3.35. The molecule has 1 N–H and O–H groups in total. The Labute approximate surface area is 278 Å². The monoisotopic (exact) mass is 645 g/mol. The Morgan fingerprint density at radius 3 is 2.15 bits per heavy atom. The summed E-state index contributed by atoms with van der Waals surface area (Å²) in [5, 5.41) is 2.15. The van der Waals surface area contributed by atoms with Crippen molar-refractivity contribution >= 4 is 34.8 Å². The highest BCUT2D eigenvalue weighted by molar-refractivity contribution is 6.23. The van der Waals surface area contributed by atoms with Gasteiger partial charge in [0.2, 0.25) is 11.8 Å². The van der Waals surface area contributed by atoms with Crippen LogP contribution in [-0.2, 0) is 16.1 Å². The van der Waals surface area contributed by atoms with Gasteiger partial charge < -0.3 is 4.74 Å². The zero-order valence-corrected chi connectivity index (χ0v) is 26.9. The summed E-state index contributed by atoms with van der Waals surface area (Å²) in [7, 11) is 1.81. The molecule has 8 nitrogen and oxygen atoms in total. The van der Waals surface area contributed by atoms with Crippen LogP contribution in [0.15, 0.2) is 97.1 Å². The second kappa shape index (κ2) is 14.1. The number of hydrogen-bond acceptors (Lipinski definition) is 6. The topological polar surface area (TPSA) is 96.0 Å². The molecule has 0 radical (unpaired) electrons. The van der Waals surface area contributed by atoms with Gasteiger partial charge in [0.25, 0.3) is 11.8 Å². The van der Waals surface area contributed by atoms with Gasteiger partial charge in [-0.25, -0.2) is 4.39 Å². The summed E-state index contributed by atoms with van der Waals surface area (Å²) in [4.78, 5) is 52.7. The summed E-state index contributed by atoms with van der Waals surface area (Å²) < 4.78 is 21.7. The summed E-state index contributed by atoms with van der Waals surface area (Å²) >= 11 is 0. The number of rotatable bonds is 11. The molecule has 1 unspecified atom stereocenters. The van der Waals surface area contributed by atoms with Crippen molar-refractivity contribution in [2.24, 2.45) is 0 Å². The van der Waals surface area contributed by atoms with Crippen LogP contribution in [0, 0.1) is 5.82 Å². The molecule has 6 rings (SSSR count). The minimum Gasteiger partial charge on any atom is -0.492 e. The van der Waals surface area contributed by atoms with Crippen molar-refractivity contribution in [3.63, 3.8) is 0 Å². The maximum atomic E-state index is 15.6. The molecule has 1 atom stereocenters. The van der Waals surface area contributed by atoms with Gasteiger partial charge in [-0.2, -0.15) is 0 Å². The smallest absolute Gasteiger partial charge is 0.265 e. The number of amides is 4. The van der Waals surface area contributed by atoms with E-state index in [2.05, 4.69) is 60.8 Å². The number of fused-ring (bicyclic) bond motifs is 1. The van der Waals surface area contributed by atoms with E-state index >= 15 is 4.39 Å². The Morgan fingerprint density at radius 1 is 0.854 bits per heavy atom. The van der Waals surface area contributed by atoms with E-state index in [0.717, 1.165) is 22.4 Å². The molecule has 0 saturated carbocycles. The number of imide groups is 2. The van der Waals surface area contributed by atoms with Crippen LogP contribution in [0.2, 0.25) is 0 Å². The maximum Gasteiger partial charge on any atom is 0.265 e. The molecule has 2 aliphatic rings. The van der Waals surface area contributed by atoms with Gasteiger partial charge in [0.1, 0.15) is 24.2 Å². The number of carbonyl (C=O) groups excluding carboxylic acids is 4. The quantitative estimate of drug-likeness (QED) is 0.156. The largest absolute Gasteiger partial charge is 0.492 e. The number of allylic oxidation sites excluding steroid dienone is 1.